The minimum absolute atomic E-state index is 0.00443. The molecular weight excluding hydrogens is 330 g/mol. The molecule has 1 N–H and O–H groups in total. The molecular formula is C16H17N3O4S. The predicted octanol–water partition coefficient (Wildman–Crippen LogP) is 1.86. The average Bonchev–Trinajstić information content (AvgIpc) is 2.62. The van der Waals surface area contributed by atoms with Crippen molar-refractivity contribution in [2.45, 2.75) is 4.90 Å². The van der Waals surface area contributed by atoms with Gasteiger partial charge < -0.3 is 5.32 Å². The molecule has 1 aliphatic heterocycles. The lowest BCUT2D eigenvalue weighted by atomic mass is 10.0. The van der Waals surface area contributed by atoms with E-state index < -0.39 is 14.9 Å². The fourth-order valence-corrected chi connectivity index (χ4v) is 4.16. The normalized spacial score (nSPS) is 16.0. The van der Waals surface area contributed by atoms with Gasteiger partial charge in [-0.25, -0.2) is 8.42 Å². The number of para-hydroxylation sites is 1. The Morgan fingerprint density at radius 3 is 2.25 bits per heavy atom. The van der Waals surface area contributed by atoms with Crippen LogP contribution < -0.4 is 5.32 Å². The van der Waals surface area contributed by atoms with Crippen LogP contribution in [0.25, 0.3) is 11.1 Å². The quantitative estimate of drug-likeness (QED) is 0.673. The van der Waals surface area contributed by atoms with E-state index >= 15 is 0 Å². The van der Waals surface area contributed by atoms with Crippen molar-refractivity contribution in [3.63, 3.8) is 0 Å². The third-order valence-corrected chi connectivity index (χ3v) is 5.89. The van der Waals surface area contributed by atoms with Crippen molar-refractivity contribution in [2.24, 2.45) is 0 Å². The van der Waals surface area contributed by atoms with Crippen molar-refractivity contribution >= 4 is 15.7 Å². The maximum atomic E-state index is 12.6. The molecule has 0 spiro atoms. The van der Waals surface area contributed by atoms with Crippen molar-refractivity contribution < 1.29 is 13.3 Å². The van der Waals surface area contributed by atoms with Gasteiger partial charge in [-0.2, -0.15) is 4.31 Å². The standard InChI is InChI=1S/C16H17N3O4S/c20-19(21)16-4-2-1-3-15(16)13-5-7-14(8-6-13)24(22,23)18-11-9-17-10-12-18/h1-8,17H,9-12H2. The number of hydrogen-bond donors (Lipinski definition) is 1. The number of nitrogens with one attached hydrogen (secondary N) is 1. The van der Waals surface area contributed by atoms with Crippen molar-refractivity contribution in [1.29, 1.82) is 0 Å². The van der Waals surface area contributed by atoms with Crippen LogP contribution in [-0.4, -0.2) is 43.8 Å². The van der Waals surface area contributed by atoms with Crippen molar-refractivity contribution in [2.75, 3.05) is 26.2 Å². The first kappa shape index (κ1) is 16.6. The number of rotatable bonds is 4. The van der Waals surface area contributed by atoms with Gasteiger partial charge in [0.05, 0.1) is 15.4 Å². The van der Waals surface area contributed by atoms with E-state index in [2.05, 4.69) is 5.32 Å². The van der Waals surface area contributed by atoms with Gasteiger partial charge in [-0.1, -0.05) is 24.3 Å². The highest BCUT2D eigenvalue weighted by atomic mass is 32.2. The Bertz CT molecular complexity index is 844. The van der Waals surface area contributed by atoms with Gasteiger partial charge in [-0.05, 0) is 23.8 Å². The van der Waals surface area contributed by atoms with Gasteiger partial charge in [0.1, 0.15) is 0 Å². The lowest BCUT2D eigenvalue weighted by Crippen LogP contribution is -2.46. The van der Waals surface area contributed by atoms with Crippen LogP contribution in [0, 0.1) is 10.1 Å². The monoisotopic (exact) mass is 347 g/mol. The molecule has 1 fully saturated rings. The Morgan fingerprint density at radius 2 is 1.62 bits per heavy atom. The molecule has 0 amide bonds. The Morgan fingerprint density at radius 1 is 1.00 bits per heavy atom. The van der Waals surface area contributed by atoms with E-state index in [-0.39, 0.29) is 10.6 Å². The Balaban J connectivity index is 1.93. The molecule has 0 radical (unpaired) electrons. The zero-order chi connectivity index (χ0) is 17.2. The number of nitrogens with zero attached hydrogens (tertiary/aromatic N) is 2. The molecule has 2 aromatic rings. The van der Waals surface area contributed by atoms with Gasteiger partial charge in [-0.3, -0.25) is 10.1 Å². The Hall–Kier alpha value is -2.29. The lowest BCUT2D eigenvalue weighted by molar-refractivity contribution is -0.384. The second-order valence-corrected chi connectivity index (χ2v) is 7.39. The van der Waals surface area contributed by atoms with E-state index in [0.29, 0.717) is 37.3 Å². The first-order valence-corrected chi connectivity index (χ1v) is 8.99. The molecule has 0 aliphatic carbocycles. The molecule has 0 unspecified atom stereocenters. The van der Waals surface area contributed by atoms with Gasteiger partial charge in [0.2, 0.25) is 10.0 Å². The largest absolute Gasteiger partial charge is 0.314 e. The summed E-state index contributed by atoms with van der Waals surface area (Å²) in [5.41, 5.74) is 1.07. The highest BCUT2D eigenvalue weighted by Gasteiger charge is 2.26. The molecule has 0 aromatic heterocycles. The number of benzene rings is 2. The first-order valence-electron chi connectivity index (χ1n) is 7.55. The number of hydrogen-bond acceptors (Lipinski definition) is 5. The second-order valence-electron chi connectivity index (χ2n) is 5.45. The minimum atomic E-state index is -3.53. The Kier molecular flexibility index (Phi) is 4.61. The van der Waals surface area contributed by atoms with E-state index in [1.165, 1.54) is 22.5 Å². The Labute approximate surface area is 140 Å². The number of sulfonamides is 1. The van der Waals surface area contributed by atoms with Crippen molar-refractivity contribution in [3.05, 3.63) is 58.6 Å². The van der Waals surface area contributed by atoms with Crippen LogP contribution in [-0.2, 0) is 10.0 Å². The molecule has 3 rings (SSSR count). The molecule has 1 aliphatic rings. The molecule has 0 saturated carbocycles. The maximum Gasteiger partial charge on any atom is 0.277 e. The molecule has 2 aromatic carbocycles. The highest BCUT2D eigenvalue weighted by Crippen LogP contribution is 2.30. The van der Waals surface area contributed by atoms with Crippen molar-refractivity contribution in [3.8, 4) is 11.1 Å². The van der Waals surface area contributed by atoms with Crippen LogP contribution in [0.2, 0.25) is 0 Å². The second kappa shape index (κ2) is 6.68. The van der Waals surface area contributed by atoms with Gasteiger partial charge in [0.15, 0.2) is 0 Å². The molecule has 24 heavy (non-hydrogen) atoms. The summed E-state index contributed by atoms with van der Waals surface area (Å²) in [4.78, 5) is 10.9. The summed E-state index contributed by atoms with van der Waals surface area (Å²) >= 11 is 0. The van der Waals surface area contributed by atoms with Crippen LogP contribution >= 0.6 is 0 Å². The molecule has 1 heterocycles. The van der Waals surface area contributed by atoms with E-state index in [0.717, 1.165) is 0 Å². The fourth-order valence-electron chi connectivity index (χ4n) is 2.72. The highest BCUT2D eigenvalue weighted by molar-refractivity contribution is 7.89. The zero-order valence-corrected chi connectivity index (χ0v) is 13.7. The lowest BCUT2D eigenvalue weighted by Gasteiger charge is -2.26. The topological polar surface area (TPSA) is 92.5 Å². The maximum absolute atomic E-state index is 12.6. The summed E-state index contributed by atoms with van der Waals surface area (Å²) in [7, 11) is -3.53. The van der Waals surface area contributed by atoms with E-state index in [1.807, 2.05) is 0 Å². The molecule has 0 atom stereocenters. The molecule has 0 bridgehead atoms. The summed E-state index contributed by atoms with van der Waals surface area (Å²) in [5, 5.41) is 14.2. The van der Waals surface area contributed by atoms with Gasteiger partial charge >= 0.3 is 0 Å². The number of nitro benzene ring substituents is 1. The van der Waals surface area contributed by atoms with Gasteiger partial charge in [-0.15, -0.1) is 0 Å². The first-order chi connectivity index (χ1) is 11.5. The predicted molar refractivity (Wildman–Crippen MR) is 90.2 cm³/mol. The van der Waals surface area contributed by atoms with Crippen LogP contribution in [0.5, 0.6) is 0 Å². The van der Waals surface area contributed by atoms with E-state index in [1.54, 1.807) is 30.3 Å². The van der Waals surface area contributed by atoms with Crippen molar-refractivity contribution in [1.82, 2.24) is 9.62 Å². The summed E-state index contributed by atoms with van der Waals surface area (Å²) in [6.45, 7) is 2.14. The van der Waals surface area contributed by atoms with Crippen LogP contribution in [0.3, 0.4) is 0 Å². The SMILES string of the molecule is O=[N+]([O-])c1ccccc1-c1ccc(S(=O)(=O)N2CCNCC2)cc1. The summed E-state index contributed by atoms with van der Waals surface area (Å²) in [5.74, 6) is 0. The van der Waals surface area contributed by atoms with Crippen LogP contribution in [0.1, 0.15) is 0 Å². The van der Waals surface area contributed by atoms with Gasteiger partial charge in [0.25, 0.3) is 5.69 Å². The molecule has 126 valence electrons. The zero-order valence-electron chi connectivity index (χ0n) is 12.9. The van der Waals surface area contributed by atoms with E-state index in [4.69, 9.17) is 0 Å². The molecule has 8 heteroatoms. The van der Waals surface area contributed by atoms with Crippen LogP contribution in [0.15, 0.2) is 53.4 Å². The number of nitro groups is 1. The number of piperazine rings is 1. The smallest absolute Gasteiger partial charge is 0.277 e. The third kappa shape index (κ3) is 3.16. The van der Waals surface area contributed by atoms with Gasteiger partial charge in [0, 0.05) is 32.2 Å². The molecule has 1 saturated heterocycles. The summed E-state index contributed by atoms with van der Waals surface area (Å²) in [6, 6.07) is 12.6. The third-order valence-electron chi connectivity index (χ3n) is 3.98. The van der Waals surface area contributed by atoms with E-state index in [9.17, 15) is 18.5 Å². The molecule has 7 nitrogen and oxygen atoms in total. The fraction of sp³-hybridized carbons (Fsp3) is 0.250. The summed E-state index contributed by atoms with van der Waals surface area (Å²) in [6.07, 6.45) is 0. The van der Waals surface area contributed by atoms with Crippen LogP contribution in [0.4, 0.5) is 5.69 Å². The minimum Gasteiger partial charge on any atom is -0.314 e. The average molecular weight is 347 g/mol. The summed E-state index contributed by atoms with van der Waals surface area (Å²) < 4.78 is 26.6.